The third kappa shape index (κ3) is 4.79. The standard InChI is InChI=1S/C12H17N3O2S/c1-15(5-6-16)8-11(17)14-10-4-2-3-9(7-10)12(13)18/h2-4,7,16H,5-6,8H2,1H3,(H2,13,18)(H,14,17). The van der Waals surface area contributed by atoms with E-state index in [1.165, 1.54) is 0 Å². The number of nitrogens with zero attached hydrogens (tertiary/aromatic N) is 1. The molecule has 0 aliphatic rings. The second-order valence-corrected chi connectivity index (χ2v) is 4.39. The van der Waals surface area contributed by atoms with Crippen LogP contribution in [0, 0.1) is 0 Å². The van der Waals surface area contributed by atoms with Crippen molar-refractivity contribution in [1.82, 2.24) is 4.90 Å². The van der Waals surface area contributed by atoms with Gasteiger partial charge in [-0.25, -0.2) is 0 Å². The van der Waals surface area contributed by atoms with E-state index in [4.69, 9.17) is 23.1 Å². The number of likely N-dealkylation sites (N-methyl/N-ethyl adjacent to an activating group) is 1. The fourth-order valence-electron chi connectivity index (χ4n) is 1.45. The lowest BCUT2D eigenvalue weighted by Crippen LogP contribution is -2.32. The smallest absolute Gasteiger partial charge is 0.238 e. The number of amides is 1. The van der Waals surface area contributed by atoms with Crippen LogP contribution in [0.15, 0.2) is 24.3 Å². The number of hydrogen-bond donors (Lipinski definition) is 3. The summed E-state index contributed by atoms with van der Waals surface area (Å²) < 4.78 is 0. The Morgan fingerprint density at radius 1 is 1.56 bits per heavy atom. The Labute approximate surface area is 112 Å². The number of benzene rings is 1. The lowest BCUT2D eigenvalue weighted by atomic mass is 10.2. The van der Waals surface area contributed by atoms with Gasteiger partial charge in [-0.05, 0) is 19.2 Å². The number of carbonyl (C=O) groups is 1. The van der Waals surface area contributed by atoms with Crippen LogP contribution in [-0.4, -0.2) is 47.6 Å². The molecule has 0 aliphatic carbocycles. The van der Waals surface area contributed by atoms with Crippen molar-refractivity contribution in [2.75, 3.05) is 32.1 Å². The molecule has 0 saturated heterocycles. The van der Waals surface area contributed by atoms with Crippen LogP contribution in [0.2, 0.25) is 0 Å². The van der Waals surface area contributed by atoms with E-state index in [1.54, 1.807) is 36.2 Å². The molecule has 98 valence electrons. The maximum atomic E-state index is 11.7. The van der Waals surface area contributed by atoms with E-state index >= 15 is 0 Å². The first kappa shape index (κ1) is 14.6. The van der Waals surface area contributed by atoms with Gasteiger partial charge in [0, 0.05) is 17.8 Å². The van der Waals surface area contributed by atoms with E-state index in [2.05, 4.69) is 5.32 Å². The number of aliphatic hydroxyl groups is 1. The van der Waals surface area contributed by atoms with Gasteiger partial charge in [-0.15, -0.1) is 0 Å². The topological polar surface area (TPSA) is 78.6 Å². The van der Waals surface area contributed by atoms with Gasteiger partial charge in [-0.2, -0.15) is 0 Å². The highest BCUT2D eigenvalue weighted by atomic mass is 32.1. The minimum atomic E-state index is -0.147. The summed E-state index contributed by atoms with van der Waals surface area (Å²) in [7, 11) is 1.77. The first-order valence-electron chi connectivity index (χ1n) is 5.52. The maximum Gasteiger partial charge on any atom is 0.238 e. The molecule has 0 saturated carbocycles. The van der Waals surface area contributed by atoms with Gasteiger partial charge in [0.15, 0.2) is 0 Å². The molecule has 1 rings (SSSR count). The number of thiocarbonyl (C=S) groups is 1. The lowest BCUT2D eigenvalue weighted by molar-refractivity contribution is -0.117. The van der Waals surface area contributed by atoms with Crippen LogP contribution in [0.5, 0.6) is 0 Å². The quantitative estimate of drug-likeness (QED) is 0.641. The van der Waals surface area contributed by atoms with E-state index in [-0.39, 0.29) is 19.1 Å². The Hall–Kier alpha value is -1.50. The number of nitrogens with one attached hydrogen (secondary N) is 1. The molecule has 5 nitrogen and oxygen atoms in total. The molecular formula is C12H17N3O2S. The third-order valence-electron chi connectivity index (χ3n) is 2.33. The van der Waals surface area contributed by atoms with Crippen LogP contribution < -0.4 is 11.1 Å². The van der Waals surface area contributed by atoms with Crippen molar-refractivity contribution in [2.24, 2.45) is 5.73 Å². The Balaban J connectivity index is 2.59. The Bertz CT molecular complexity index is 437. The molecular weight excluding hydrogens is 250 g/mol. The molecule has 0 aromatic heterocycles. The molecule has 1 aromatic rings. The summed E-state index contributed by atoms with van der Waals surface area (Å²) >= 11 is 4.87. The minimum absolute atomic E-state index is 0.0285. The number of rotatable bonds is 6. The summed E-state index contributed by atoms with van der Waals surface area (Å²) in [6.45, 7) is 0.707. The molecule has 0 unspecified atom stereocenters. The van der Waals surface area contributed by atoms with E-state index in [1.807, 2.05) is 0 Å². The molecule has 0 heterocycles. The minimum Gasteiger partial charge on any atom is -0.395 e. The predicted octanol–water partition coefficient (Wildman–Crippen LogP) is 0.183. The van der Waals surface area contributed by atoms with Crippen LogP contribution in [0.25, 0.3) is 0 Å². The number of aliphatic hydroxyl groups excluding tert-OH is 1. The highest BCUT2D eigenvalue weighted by molar-refractivity contribution is 7.80. The summed E-state index contributed by atoms with van der Waals surface area (Å²) in [5.74, 6) is -0.147. The summed E-state index contributed by atoms with van der Waals surface area (Å²) in [5, 5.41) is 11.5. The molecule has 4 N–H and O–H groups in total. The number of carbonyl (C=O) groups excluding carboxylic acids is 1. The van der Waals surface area contributed by atoms with Crippen LogP contribution in [0.1, 0.15) is 5.56 Å². The van der Waals surface area contributed by atoms with Crippen LogP contribution in [0.4, 0.5) is 5.69 Å². The highest BCUT2D eigenvalue weighted by Gasteiger charge is 2.07. The van der Waals surface area contributed by atoms with Crippen molar-refractivity contribution in [3.05, 3.63) is 29.8 Å². The summed E-state index contributed by atoms with van der Waals surface area (Å²) in [6.07, 6.45) is 0. The number of nitrogens with two attached hydrogens (primary N) is 1. The van der Waals surface area contributed by atoms with E-state index in [9.17, 15) is 4.79 Å². The molecule has 0 radical (unpaired) electrons. The monoisotopic (exact) mass is 267 g/mol. The van der Waals surface area contributed by atoms with Gasteiger partial charge in [-0.3, -0.25) is 9.69 Å². The van der Waals surface area contributed by atoms with Crippen molar-refractivity contribution in [3.63, 3.8) is 0 Å². The summed E-state index contributed by atoms with van der Waals surface area (Å²) in [5.41, 5.74) is 6.89. The zero-order chi connectivity index (χ0) is 13.5. The highest BCUT2D eigenvalue weighted by Crippen LogP contribution is 2.10. The Morgan fingerprint density at radius 3 is 2.89 bits per heavy atom. The average molecular weight is 267 g/mol. The van der Waals surface area contributed by atoms with Gasteiger partial charge >= 0.3 is 0 Å². The molecule has 18 heavy (non-hydrogen) atoms. The number of hydrogen-bond acceptors (Lipinski definition) is 4. The molecule has 1 amide bonds. The lowest BCUT2D eigenvalue weighted by Gasteiger charge is -2.14. The van der Waals surface area contributed by atoms with Crippen molar-refractivity contribution in [2.45, 2.75) is 0 Å². The van der Waals surface area contributed by atoms with Crippen LogP contribution >= 0.6 is 12.2 Å². The second-order valence-electron chi connectivity index (χ2n) is 3.95. The zero-order valence-electron chi connectivity index (χ0n) is 10.2. The van der Waals surface area contributed by atoms with Crippen molar-refractivity contribution < 1.29 is 9.90 Å². The first-order valence-corrected chi connectivity index (χ1v) is 5.93. The second kappa shape index (κ2) is 7.05. The summed E-state index contributed by atoms with van der Waals surface area (Å²) in [6, 6.07) is 7.06. The fraction of sp³-hybridized carbons (Fsp3) is 0.333. The maximum absolute atomic E-state index is 11.7. The third-order valence-corrected chi connectivity index (χ3v) is 2.56. The van der Waals surface area contributed by atoms with Crippen molar-refractivity contribution in [1.29, 1.82) is 0 Å². The Morgan fingerprint density at radius 2 is 2.28 bits per heavy atom. The van der Waals surface area contributed by atoms with Gasteiger partial charge in [0.05, 0.1) is 13.2 Å². The predicted molar refractivity (Wildman–Crippen MR) is 75.5 cm³/mol. The van der Waals surface area contributed by atoms with Gasteiger partial charge < -0.3 is 16.2 Å². The van der Waals surface area contributed by atoms with Gasteiger partial charge in [0.25, 0.3) is 0 Å². The Kier molecular flexibility index (Phi) is 5.70. The van der Waals surface area contributed by atoms with Crippen molar-refractivity contribution >= 4 is 28.8 Å². The average Bonchev–Trinajstić information content (AvgIpc) is 2.29. The van der Waals surface area contributed by atoms with Crippen molar-refractivity contribution in [3.8, 4) is 0 Å². The summed E-state index contributed by atoms with van der Waals surface area (Å²) in [4.78, 5) is 13.7. The van der Waals surface area contributed by atoms with Gasteiger partial charge in [0.1, 0.15) is 4.99 Å². The zero-order valence-corrected chi connectivity index (χ0v) is 11.0. The number of anilines is 1. The molecule has 0 spiro atoms. The molecule has 0 bridgehead atoms. The molecule has 6 heteroatoms. The SMILES string of the molecule is CN(CCO)CC(=O)Nc1cccc(C(N)=S)c1. The van der Waals surface area contributed by atoms with E-state index < -0.39 is 0 Å². The largest absolute Gasteiger partial charge is 0.395 e. The van der Waals surface area contributed by atoms with Gasteiger partial charge in [0.2, 0.25) is 5.91 Å². The molecule has 0 aliphatic heterocycles. The molecule has 0 fully saturated rings. The molecule has 0 atom stereocenters. The van der Waals surface area contributed by atoms with E-state index in [0.29, 0.717) is 22.8 Å². The fourth-order valence-corrected chi connectivity index (χ4v) is 1.57. The van der Waals surface area contributed by atoms with E-state index in [0.717, 1.165) is 0 Å². The molecule has 1 aromatic carbocycles. The van der Waals surface area contributed by atoms with Crippen LogP contribution in [-0.2, 0) is 4.79 Å². The van der Waals surface area contributed by atoms with Gasteiger partial charge in [-0.1, -0.05) is 24.4 Å². The van der Waals surface area contributed by atoms with Crippen LogP contribution in [0.3, 0.4) is 0 Å². The first-order chi connectivity index (χ1) is 8.52. The normalized spacial score (nSPS) is 10.4.